The van der Waals surface area contributed by atoms with Crippen molar-refractivity contribution in [1.82, 2.24) is 0 Å². The van der Waals surface area contributed by atoms with E-state index in [1.54, 1.807) is 6.92 Å². The maximum absolute atomic E-state index is 11.5. The summed E-state index contributed by atoms with van der Waals surface area (Å²) in [5.74, 6) is 0. The van der Waals surface area contributed by atoms with Crippen molar-refractivity contribution >= 4 is 6.02 Å². The third-order valence-corrected chi connectivity index (χ3v) is 1.12. The minimum atomic E-state index is -2.79. The van der Waals surface area contributed by atoms with Crippen molar-refractivity contribution in [3.63, 3.8) is 0 Å². The Morgan fingerprint density at radius 1 is 1.64 bits per heavy atom. The molecule has 0 fully saturated rings. The first-order chi connectivity index (χ1) is 5.06. The lowest BCUT2D eigenvalue weighted by Gasteiger charge is -2.10. The summed E-state index contributed by atoms with van der Waals surface area (Å²) in [5.41, 5.74) is 5.00. The molecular formula is C6H12F2N2O. The van der Waals surface area contributed by atoms with Gasteiger partial charge in [-0.15, -0.1) is 0 Å². The highest BCUT2D eigenvalue weighted by Gasteiger charge is 2.04. The van der Waals surface area contributed by atoms with Crippen molar-refractivity contribution < 1.29 is 13.5 Å². The maximum Gasteiger partial charge on any atom is 0.336 e. The third kappa shape index (κ3) is 5.57. The second-order valence-electron chi connectivity index (χ2n) is 2.08. The molecule has 5 heteroatoms. The zero-order valence-corrected chi connectivity index (χ0v) is 6.55. The van der Waals surface area contributed by atoms with Gasteiger partial charge in [-0.05, 0) is 13.3 Å². The number of nitrogens with zero attached hydrogens (tertiary/aromatic N) is 1. The molecule has 0 aromatic heterocycles. The van der Waals surface area contributed by atoms with Crippen LogP contribution in [0.4, 0.5) is 8.78 Å². The fraction of sp³-hybridized carbons (Fsp3) is 0.833. The van der Waals surface area contributed by atoms with E-state index in [-0.39, 0.29) is 6.10 Å². The van der Waals surface area contributed by atoms with Crippen LogP contribution in [-0.4, -0.2) is 18.7 Å². The summed E-state index contributed by atoms with van der Waals surface area (Å²) in [6.07, 6.45) is 0.539. The Labute approximate surface area is 64.2 Å². The Morgan fingerprint density at radius 2 is 2.18 bits per heavy atom. The first-order valence-corrected chi connectivity index (χ1v) is 3.34. The summed E-state index contributed by atoms with van der Waals surface area (Å²) in [6.45, 7) is 0.799. The summed E-state index contributed by atoms with van der Waals surface area (Å²) in [4.78, 5) is 2.70. The van der Waals surface area contributed by atoms with Crippen LogP contribution >= 0.6 is 0 Å². The molecule has 0 saturated carbocycles. The molecule has 0 aliphatic heterocycles. The van der Waals surface area contributed by atoms with Crippen LogP contribution in [0, 0.1) is 0 Å². The molecule has 11 heavy (non-hydrogen) atoms. The monoisotopic (exact) mass is 166 g/mol. The highest BCUT2D eigenvalue weighted by atomic mass is 19.3. The summed E-state index contributed by atoms with van der Waals surface area (Å²) in [6, 6.07) is -0.450. The standard InChI is InChI=1S/C6H12F2N2O/c1-3-4(2)11-6(9)10-5(7)8/h4-5H,3H2,1-2H3,(H2,9,10). The summed E-state index contributed by atoms with van der Waals surface area (Å²) >= 11 is 0. The SMILES string of the molecule is CCC(C)O/C(N)=N\C(F)F. The highest BCUT2D eigenvalue weighted by Crippen LogP contribution is 1.98. The molecule has 2 N–H and O–H groups in total. The van der Waals surface area contributed by atoms with Gasteiger partial charge in [0.25, 0.3) is 6.02 Å². The Hall–Kier alpha value is -0.870. The molecule has 66 valence electrons. The molecule has 0 amide bonds. The lowest BCUT2D eigenvalue weighted by Crippen LogP contribution is -2.22. The Morgan fingerprint density at radius 3 is 2.55 bits per heavy atom. The lowest BCUT2D eigenvalue weighted by atomic mass is 10.3. The van der Waals surface area contributed by atoms with Crippen LogP contribution in [0.15, 0.2) is 4.99 Å². The average molecular weight is 166 g/mol. The van der Waals surface area contributed by atoms with Gasteiger partial charge in [-0.25, -0.2) is 0 Å². The van der Waals surface area contributed by atoms with Gasteiger partial charge in [0.2, 0.25) is 0 Å². The van der Waals surface area contributed by atoms with E-state index < -0.39 is 12.6 Å². The van der Waals surface area contributed by atoms with E-state index in [1.807, 2.05) is 6.92 Å². The Bertz CT molecular complexity index is 139. The predicted octanol–water partition coefficient (Wildman–Crippen LogP) is 1.34. The molecule has 1 atom stereocenters. The van der Waals surface area contributed by atoms with Crippen molar-refractivity contribution in [1.29, 1.82) is 0 Å². The van der Waals surface area contributed by atoms with Crippen LogP contribution in [0.2, 0.25) is 0 Å². The van der Waals surface area contributed by atoms with Crippen molar-refractivity contribution in [2.75, 3.05) is 0 Å². The molecule has 0 aromatic rings. The number of nitrogens with two attached hydrogens (primary N) is 1. The van der Waals surface area contributed by atoms with Gasteiger partial charge in [0.05, 0.1) is 6.10 Å². The Kier molecular flexibility index (Phi) is 4.49. The normalized spacial score (nSPS) is 15.2. The van der Waals surface area contributed by atoms with Gasteiger partial charge in [0.1, 0.15) is 0 Å². The van der Waals surface area contributed by atoms with Gasteiger partial charge in [0, 0.05) is 0 Å². The number of rotatable bonds is 3. The largest absolute Gasteiger partial charge is 0.462 e. The number of alkyl halides is 2. The molecule has 0 aromatic carbocycles. The Balaban J connectivity index is 3.76. The maximum atomic E-state index is 11.5. The third-order valence-electron chi connectivity index (χ3n) is 1.12. The average Bonchev–Trinajstić information content (AvgIpc) is 1.85. The van der Waals surface area contributed by atoms with E-state index in [4.69, 9.17) is 10.5 Å². The molecule has 0 radical (unpaired) electrons. The molecule has 0 rings (SSSR count). The van der Waals surface area contributed by atoms with E-state index >= 15 is 0 Å². The number of aliphatic imine (C=N–C) groups is 1. The smallest absolute Gasteiger partial charge is 0.336 e. The number of ether oxygens (including phenoxy) is 1. The van der Waals surface area contributed by atoms with E-state index in [0.717, 1.165) is 0 Å². The minimum absolute atomic E-state index is 0.169. The summed E-state index contributed by atoms with van der Waals surface area (Å²) in [5, 5.41) is 0. The molecular weight excluding hydrogens is 154 g/mol. The topological polar surface area (TPSA) is 47.6 Å². The van der Waals surface area contributed by atoms with Crippen molar-refractivity contribution in [3.8, 4) is 0 Å². The van der Waals surface area contributed by atoms with E-state index in [1.165, 1.54) is 0 Å². The van der Waals surface area contributed by atoms with Crippen molar-refractivity contribution in [2.45, 2.75) is 32.9 Å². The predicted molar refractivity (Wildman–Crippen MR) is 38.5 cm³/mol. The van der Waals surface area contributed by atoms with Crippen LogP contribution in [0.3, 0.4) is 0 Å². The molecule has 3 nitrogen and oxygen atoms in total. The highest BCUT2D eigenvalue weighted by molar-refractivity contribution is 5.71. The van der Waals surface area contributed by atoms with Crippen LogP contribution in [0.1, 0.15) is 20.3 Å². The van der Waals surface area contributed by atoms with Crippen molar-refractivity contribution in [2.24, 2.45) is 10.7 Å². The molecule has 0 spiro atoms. The number of hydrogen-bond acceptors (Lipinski definition) is 2. The van der Waals surface area contributed by atoms with Crippen LogP contribution in [0.5, 0.6) is 0 Å². The van der Waals surface area contributed by atoms with E-state index in [0.29, 0.717) is 6.42 Å². The summed E-state index contributed by atoms with van der Waals surface area (Å²) < 4.78 is 27.7. The number of amidine groups is 1. The minimum Gasteiger partial charge on any atom is -0.462 e. The zero-order chi connectivity index (χ0) is 8.85. The van der Waals surface area contributed by atoms with Crippen LogP contribution in [0.25, 0.3) is 0 Å². The first kappa shape index (κ1) is 10.1. The summed E-state index contributed by atoms with van der Waals surface area (Å²) in [7, 11) is 0. The quantitative estimate of drug-likeness (QED) is 0.390. The van der Waals surface area contributed by atoms with Gasteiger partial charge < -0.3 is 10.5 Å². The van der Waals surface area contributed by atoms with Gasteiger partial charge in [-0.1, -0.05) is 6.92 Å². The van der Waals surface area contributed by atoms with Crippen molar-refractivity contribution in [3.05, 3.63) is 0 Å². The molecule has 0 saturated heterocycles. The number of halogens is 2. The van der Waals surface area contributed by atoms with Gasteiger partial charge in [-0.3, -0.25) is 0 Å². The van der Waals surface area contributed by atoms with Crippen LogP contribution < -0.4 is 5.73 Å². The van der Waals surface area contributed by atoms with E-state index in [9.17, 15) is 8.78 Å². The molecule has 0 aliphatic carbocycles. The van der Waals surface area contributed by atoms with Gasteiger partial charge in [-0.2, -0.15) is 13.8 Å². The van der Waals surface area contributed by atoms with Gasteiger partial charge in [0.15, 0.2) is 0 Å². The van der Waals surface area contributed by atoms with E-state index in [2.05, 4.69) is 4.99 Å². The molecule has 0 bridgehead atoms. The fourth-order valence-electron chi connectivity index (χ4n) is 0.416. The number of hydrogen-bond donors (Lipinski definition) is 1. The molecule has 0 aliphatic rings. The van der Waals surface area contributed by atoms with Gasteiger partial charge >= 0.3 is 6.55 Å². The lowest BCUT2D eigenvalue weighted by molar-refractivity contribution is 0.144. The second-order valence-corrected chi connectivity index (χ2v) is 2.08. The van der Waals surface area contributed by atoms with Crippen LogP contribution in [-0.2, 0) is 4.74 Å². The fourth-order valence-corrected chi connectivity index (χ4v) is 0.416. The molecule has 0 heterocycles. The second kappa shape index (κ2) is 4.87. The first-order valence-electron chi connectivity index (χ1n) is 3.34. The zero-order valence-electron chi connectivity index (χ0n) is 6.55. The molecule has 1 unspecified atom stereocenters.